The highest BCUT2D eigenvalue weighted by Gasteiger charge is 2.03. The van der Waals surface area contributed by atoms with Crippen LogP contribution in [0.15, 0.2) is 42.5 Å². The lowest BCUT2D eigenvalue weighted by atomic mass is 10.1. The number of benzene rings is 2. The van der Waals surface area contributed by atoms with Crippen molar-refractivity contribution in [2.24, 2.45) is 0 Å². The van der Waals surface area contributed by atoms with E-state index in [0.717, 1.165) is 24.2 Å². The number of aryl methyl sites for hydroxylation is 3. The molecule has 4 heteroatoms. The maximum atomic E-state index is 11.8. The molecular weight excluding hydrogens is 314 g/mol. The molecule has 2 rings (SSSR count). The lowest BCUT2D eigenvalue weighted by Gasteiger charge is -2.10. The Balaban J connectivity index is 1.64. The normalized spacial score (nSPS) is 10.4. The second kappa shape index (κ2) is 9.72. The standard InChI is InChI=1S/C21H27NO3/c1-4-5-18-7-10-19(11-8-18)24-13-12-22-21(23)15-25-20-9-6-16(2)17(3)14-20/h6-11,14H,4-5,12-13,15H2,1-3H3,(H,22,23). The molecule has 134 valence electrons. The van der Waals surface area contributed by atoms with Crippen molar-refractivity contribution in [2.45, 2.75) is 33.6 Å². The fourth-order valence-corrected chi connectivity index (χ4v) is 2.40. The van der Waals surface area contributed by atoms with Gasteiger partial charge in [0, 0.05) is 0 Å². The van der Waals surface area contributed by atoms with Crippen molar-refractivity contribution in [2.75, 3.05) is 19.8 Å². The van der Waals surface area contributed by atoms with Crippen LogP contribution in [-0.2, 0) is 11.2 Å². The first kappa shape index (κ1) is 18.8. The van der Waals surface area contributed by atoms with Gasteiger partial charge in [-0.25, -0.2) is 0 Å². The van der Waals surface area contributed by atoms with Crippen LogP contribution in [-0.4, -0.2) is 25.7 Å². The smallest absolute Gasteiger partial charge is 0.258 e. The molecule has 0 saturated heterocycles. The molecule has 0 aliphatic heterocycles. The van der Waals surface area contributed by atoms with Gasteiger partial charge in [-0.2, -0.15) is 0 Å². The van der Waals surface area contributed by atoms with Gasteiger partial charge < -0.3 is 14.8 Å². The van der Waals surface area contributed by atoms with Gasteiger partial charge in [0.25, 0.3) is 5.91 Å². The van der Waals surface area contributed by atoms with E-state index in [1.54, 1.807) is 0 Å². The van der Waals surface area contributed by atoms with Crippen LogP contribution in [0.2, 0.25) is 0 Å². The third-order valence-electron chi connectivity index (χ3n) is 4.00. The highest BCUT2D eigenvalue weighted by atomic mass is 16.5. The average Bonchev–Trinajstić information content (AvgIpc) is 2.61. The molecular formula is C21H27NO3. The maximum absolute atomic E-state index is 11.8. The van der Waals surface area contributed by atoms with E-state index in [0.29, 0.717) is 18.9 Å². The van der Waals surface area contributed by atoms with E-state index in [2.05, 4.69) is 24.4 Å². The van der Waals surface area contributed by atoms with Crippen molar-refractivity contribution >= 4 is 5.91 Å². The number of rotatable bonds is 9. The Hall–Kier alpha value is -2.49. The highest BCUT2D eigenvalue weighted by Crippen LogP contribution is 2.16. The fourth-order valence-electron chi connectivity index (χ4n) is 2.40. The van der Waals surface area contributed by atoms with Gasteiger partial charge in [-0.15, -0.1) is 0 Å². The Morgan fingerprint density at radius 1 is 0.960 bits per heavy atom. The summed E-state index contributed by atoms with van der Waals surface area (Å²) in [5.41, 5.74) is 3.67. The number of ether oxygens (including phenoxy) is 2. The number of hydrogen-bond donors (Lipinski definition) is 1. The van der Waals surface area contributed by atoms with Crippen molar-refractivity contribution in [1.29, 1.82) is 0 Å². The van der Waals surface area contributed by atoms with Gasteiger partial charge in [-0.1, -0.05) is 31.5 Å². The van der Waals surface area contributed by atoms with Crippen LogP contribution < -0.4 is 14.8 Å². The molecule has 0 bridgehead atoms. The first-order chi connectivity index (χ1) is 12.1. The molecule has 0 aliphatic carbocycles. The number of nitrogens with one attached hydrogen (secondary N) is 1. The lowest BCUT2D eigenvalue weighted by molar-refractivity contribution is -0.123. The summed E-state index contributed by atoms with van der Waals surface area (Å²) in [5.74, 6) is 1.38. The van der Waals surface area contributed by atoms with Gasteiger partial charge in [-0.3, -0.25) is 4.79 Å². The topological polar surface area (TPSA) is 47.6 Å². The van der Waals surface area contributed by atoms with Gasteiger partial charge >= 0.3 is 0 Å². The molecule has 0 unspecified atom stereocenters. The second-order valence-electron chi connectivity index (χ2n) is 6.13. The Bertz CT molecular complexity index is 680. The average molecular weight is 341 g/mol. The largest absolute Gasteiger partial charge is 0.492 e. The van der Waals surface area contributed by atoms with Gasteiger partial charge in [0.05, 0.1) is 6.54 Å². The summed E-state index contributed by atoms with van der Waals surface area (Å²) in [6.45, 7) is 7.12. The van der Waals surface area contributed by atoms with Crippen molar-refractivity contribution in [3.05, 3.63) is 59.2 Å². The minimum atomic E-state index is -0.153. The second-order valence-corrected chi connectivity index (χ2v) is 6.13. The molecule has 0 aliphatic rings. The quantitative estimate of drug-likeness (QED) is 0.705. The SMILES string of the molecule is CCCc1ccc(OCCNC(=O)COc2ccc(C)c(C)c2)cc1. The zero-order valence-electron chi connectivity index (χ0n) is 15.3. The molecule has 4 nitrogen and oxygen atoms in total. The van der Waals surface area contributed by atoms with Gasteiger partial charge in [-0.05, 0) is 61.2 Å². The Morgan fingerprint density at radius 3 is 2.36 bits per heavy atom. The van der Waals surface area contributed by atoms with Crippen molar-refractivity contribution < 1.29 is 14.3 Å². The molecule has 0 radical (unpaired) electrons. The fraction of sp³-hybridized carbons (Fsp3) is 0.381. The van der Waals surface area contributed by atoms with Gasteiger partial charge in [0.2, 0.25) is 0 Å². The third kappa shape index (κ3) is 6.49. The van der Waals surface area contributed by atoms with E-state index in [9.17, 15) is 4.79 Å². The Morgan fingerprint density at radius 2 is 1.68 bits per heavy atom. The van der Waals surface area contributed by atoms with E-state index >= 15 is 0 Å². The van der Waals surface area contributed by atoms with E-state index < -0.39 is 0 Å². The van der Waals surface area contributed by atoms with Crippen LogP contribution in [0.4, 0.5) is 0 Å². The van der Waals surface area contributed by atoms with Crippen LogP contribution in [0.1, 0.15) is 30.0 Å². The zero-order chi connectivity index (χ0) is 18.1. The molecule has 25 heavy (non-hydrogen) atoms. The van der Waals surface area contributed by atoms with Crippen LogP contribution in [0.25, 0.3) is 0 Å². The molecule has 0 spiro atoms. The zero-order valence-corrected chi connectivity index (χ0v) is 15.3. The van der Waals surface area contributed by atoms with E-state index in [1.165, 1.54) is 11.1 Å². The number of amides is 1. The summed E-state index contributed by atoms with van der Waals surface area (Å²) >= 11 is 0. The number of carbonyl (C=O) groups is 1. The van der Waals surface area contributed by atoms with Crippen LogP contribution in [0, 0.1) is 13.8 Å². The van der Waals surface area contributed by atoms with Crippen molar-refractivity contribution in [3.63, 3.8) is 0 Å². The molecule has 1 N–H and O–H groups in total. The summed E-state index contributed by atoms with van der Waals surface area (Å²) in [7, 11) is 0. The van der Waals surface area contributed by atoms with Crippen LogP contribution in [0.3, 0.4) is 0 Å². The molecule has 0 heterocycles. The predicted octanol–water partition coefficient (Wildman–Crippen LogP) is 3.83. The van der Waals surface area contributed by atoms with E-state index in [4.69, 9.17) is 9.47 Å². The molecule has 0 atom stereocenters. The molecule has 0 fully saturated rings. The summed E-state index contributed by atoms with van der Waals surface area (Å²) in [6, 6.07) is 13.9. The van der Waals surface area contributed by atoms with Crippen LogP contribution >= 0.6 is 0 Å². The first-order valence-corrected chi connectivity index (χ1v) is 8.77. The van der Waals surface area contributed by atoms with Crippen LogP contribution in [0.5, 0.6) is 11.5 Å². The van der Waals surface area contributed by atoms with E-state index in [1.807, 2.05) is 44.2 Å². The summed E-state index contributed by atoms with van der Waals surface area (Å²) in [6.07, 6.45) is 2.22. The molecule has 0 saturated carbocycles. The molecule has 2 aromatic rings. The Kier molecular flexibility index (Phi) is 7.33. The summed E-state index contributed by atoms with van der Waals surface area (Å²) in [5, 5.41) is 2.79. The van der Waals surface area contributed by atoms with Crippen molar-refractivity contribution in [3.8, 4) is 11.5 Å². The monoisotopic (exact) mass is 341 g/mol. The van der Waals surface area contributed by atoms with Gasteiger partial charge in [0.1, 0.15) is 18.1 Å². The highest BCUT2D eigenvalue weighted by molar-refractivity contribution is 5.77. The maximum Gasteiger partial charge on any atom is 0.258 e. The minimum Gasteiger partial charge on any atom is -0.492 e. The summed E-state index contributed by atoms with van der Waals surface area (Å²) in [4.78, 5) is 11.8. The molecule has 0 aromatic heterocycles. The predicted molar refractivity (Wildman–Crippen MR) is 100 cm³/mol. The molecule has 1 amide bonds. The van der Waals surface area contributed by atoms with Gasteiger partial charge in [0.15, 0.2) is 6.61 Å². The third-order valence-corrected chi connectivity index (χ3v) is 4.00. The summed E-state index contributed by atoms with van der Waals surface area (Å²) < 4.78 is 11.1. The lowest BCUT2D eigenvalue weighted by Crippen LogP contribution is -2.32. The van der Waals surface area contributed by atoms with E-state index in [-0.39, 0.29) is 12.5 Å². The number of carbonyl (C=O) groups excluding carboxylic acids is 1. The minimum absolute atomic E-state index is 0.00815. The Labute approximate surface area is 150 Å². The first-order valence-electron chi connectivity index (χ1n) is 8.77. The number of hydrogen-bond acceptors (Lipinski definition) is 3. The molecule has 2 aromatic carbocycles. The van der Waals surface area contributed by atoms with Crippen molar-refractivity contribution in [1.82, 2.24) is 5.32 Å².